The maximum Gasteiger partial charge on any atom is 0.255 e. The molecule has 0 saturated carbocycles. The van der Waals surface area contributed by atoms with E-state index in [0.717, 1.165) is 0 Å². The van der Waals surface area contributed by atoms with E-state index in [-0.39, 0.29) is 11.1 Å². The van der Waals surface area contributed by atoms with E-state index in [0.29, 0.717) is 19.5 Å². The molecule has 0 saturated heterocycles. The second kappa shape index (κ2) is 5.87. The SMILES string of the molecule is NCCCNC(=O)c1ccc(C(N)=O)c(O)c1O. The molecule has 0 atom stereocenters. The van der Waals surface area contributed by atoms with Gasteiger partial charge in [-0.1, -0.05) is 0 Å². The van der Waals surface area contributed by atoms with Gasteiger partial charge in [0.15, 0.2) is 11.5 Å². The molecule has 0 aliphatic heterocycles. The fourth-order valence-corrected chi connectivity index (χ4v) is 1.36. The predicted molar refractivity (Wildman–Crippen MR) is 64.3 cm³/mol. The first-order chi connectivity index (χ1) is 8.49. The van der Waals surface area contributed by atoms with Gasteiger partial charge < -0.3 is 27.0 Å². The molecule has 0 aliphatic rings. The van der Waals surface area contributed by atoms with Crippen LogP contribution < -0.4 is 16.8 Å². The fourth-order valence-electron chi connectivity index (χ4n) is 1.36. The highest BCUT2D eigenvalue weighted by Crippen LogP contribution is 2.32. The molecule has 0 aliphatic carbocycles. The molecule has 0 radical (unpaired) electrons. The van der Waals surface area contributed by atoms with Crippen molar-refractivity contribution in [3.63, 3.8) is 0 Å². The lowest BCUT2D eigenvalue weighted by molar-refractivity contribution is 0.0946. The molecule has 0 spiro atoms. The van der Waals surface area contributed by atoms with Crippen LogP contribution in [-0.2, 0) is 0 Å². The van der Waals surface area contributed by atoms with Crippen molar-refractivity contribution in [2.24, 2.45) is 11.5 Å². The van der Waals surface area contributed by atoms with Gasteiger partial charge in [0.1, 0.15) is 0 Å². The van der Waals surface area contributed by atoms with Crippen molar-refractivity contribution in [3.8, 4) is 11.5 Å². The lowest BCUT2D eigenvalue weighted by atomic mass is 10.1. The molecule has 2 amide bonds. The van der Waals surface area contributed by atoms with E-state index in [2.05, 4.69) is 5.32 Å². The number of phenols is 2. The first-order valence-electron chi connectivity index (χ1n) is 5.32. The summed E-state index contributed by atoms with van der Waals surface area (Å²) >= 11 is 0. The maximum atomic E-state index is 11.6. The molecule has 0 aromatic heterocycles. The number of phenolic OH excluding ortho intramolecular Hbond substituents is 1. The van der Waals surface area contributed by atoms with Gasteiger partial charge in [-0.3, -0.25) is 9.59 Å². The van der Waals surface area contributed by atoms with E-state index in [1.54, 1.807) is 0 Å². The molecular weight excluding hydrogens is 238 g/mol. The Balaban J connectivity index is 2.94. The number of hydrogen-bond acceptors (Lipinski definition) is 5. The van der Waals surface area contributed by atoms with Gasteiger partial charge in [0.2, 0.25) is 0 Å². The van der Waals surface area contributed by atoms with Crippen LogP contribution in [0, 0.1) is 0 Å². The van der Waals surface area contributed by atoms with Gasteiger partial charge in [0.05, 0.1) is 11.1 Å². The monoisotopic (exact) mass is 253 g/mol. The van der Waals surface area contributed by atoms with Gasteiger partial charge in [-0.25, -0.2) is 0 Å². The third kappa shape index (κ3) is 2.89. The molecule has 98 valence electrons. The van der Waals surface area contributed by atoms with Crippen LogP contribution in [0.3, 0.4) is 0 Å². The lowest BCUT2D eigenvalue weighted by Crippen LogP contribution is -2.26. The first kappa shape index (κ1) is 13.8. The number of aromatic hydroxyl groups is 2. The van der Waals surface area contributed by atoms with Crippen LogP contribution in [0.2, 0.25) is 0 Å². The Bertz CT molecular complexity index is 474. The summed E-state index contributed by atoms with van der Waals surface area (Å²) in [5.74, 6) is -2.82. The zero-order valence-corrected chi connectivity index (χ0v) is 9.64. The van der Waals surface area contributed by atoms with E-state index >= 15 is 0 Å². The van der Waals surface area contributed by atoms with Gasteiger partial charge >= 0.3 is 0 Å². The van der Waals surface area contributed by atoms with Gasteiger partial charge in [0, 0.05) is 6.54 Å². The van der Waals surface area contributed by atoms with Crippen molar-refractivity contribution in [2.45, 2.75) is 6.42 Å². The third-order valence-corrected chi connectivity index (χ3v) is 2.33. The number of rotatable bonds is 5. The average molecular weight is 253 g/mol. The van der Waals surface area contributed by atoms with Crippen LogP contribution in [-0.4, -0.2) is 35.1 Å². The molecule has 18 heavy (non-hydrogen) atoms. The van der Waals surface area contributed by atoms with Crippen molar-refractivity contribution in [1.82, 2.24) is 5.32 Å². The Hall–Kier alpha value is -2.28. The van der Waals surface area contributed by atoms with Gasteiger partial charge in [0.25, 0.3) is 11.8 Å². The number of primary amides is 1. The standard InChI is InChI=1S/C11H15N3O4/c12-4-1-5-14-11(18)7-3-2-6(10(13)17)8(15)9(7)16/h2-3,15-16H,1,4-5,12H2,(H2,13,17)(H,14,18). The molecule has 1 rings (SSSR count). The van der Waals surface area contributed by atoms with E-state index in [1.807, 2.05) is 0 Å². The predicted octanol–water partition coefficient (Wildman–Crippen LogP) is -0.725. The minimum atomic E-state index is -0.891. The summed E-state index contributed by atoms with van der Waals surface area (Å²) in [5, 5.41) is 21.6. The molecule has 7 heteroatoms. The summed E-state index contributed by atoms with van der Waals surface area (Å²) in [4.78, 5) is 22.5. The summed E-state index contributed by atoms with van der Waals surface area (Å²) < 4.78 is 0. The molecule has 1 aromatic rings. The van der Waals surface area contributed by atoms with Crippen LogP contribution in [0.1, 0.15) is 27.1 Å². The minimum absolute atomic E-state index is 0.130. The number of amides is 2. The molecule has 0 heterocycles. The number of benzene rings is 1. The van der Waals surface area contributed by atoms with Crippen LogP contribution in [0.4, 0.5) is 0 Å². The second-order valence-corrected chi connectivity index (χ2v) is 3.62. The van der Waals surface area contributed by atoms with E-state index in [1.165, 1.54) is 12.1 Å². The normalized spacial score (nSPS) is 10.1. The largest absolute Gasteiger partial charge is 0.504 e. The highest BCUT2D eigenvalue weighted by Gasteiger charge is 2.19. The maximum absolute atomic E-state index is 11.6. The van der Waals surface area contributed by atoms with Gasteiger partial charge in [-0.15, -0.1) is 0 Å². The topological polar surface area (TPSA) is 139 Å². The van der Waals surface area contributed by atoms with Crippen molar-refractivity contribution in [3.05, 3.63) is 23.3 Å². The second-order valence-electron chi connectivity index (χ2n) is 3.62. The van der Waals surface area contributed by atoms with Gasteiger partial charge in [-0.05, 0) is 25.1 Å². The molecule has 0 fully saturated rings. The lowest BCUT2D eigenvalue weighted by Gasteiger charge is -2.09. The molecule has 7 N–H and O–H groups in total. The Morgan fingerprint density at radius 1 is 1.17 bits per heavy atom. The molecule has 0 bridgehead atoms. The Kier molecular flexibility index (Phi) is 4.50. The van der Waals surface area contributed by atoms with Crippen LogP contribution in [0.25, 0.3) is 0 Å². The summed E-state index contributed by atoms with van der Waals surface area (Å²) in [6.45, 7) is 0.783. The van der Waals surface area contributed by atoms with Crippen molar-refractivity contribution in [2.75, 3.05) is 13.1 Å². The van der Waals surface area contributed by atoms with Crippen molar-refractivity contribution < 1.29 is 19.8 Å². The van der Waals surface area contributed by atoms with E-state index < -0.39 is 23.3 Å². The Labute approximate surface area is 103 Å². The zero-order chi connectivity index (χ0) is 13.7. The summed E-state index contributed by atoms with van der Waals surface area (Å²) in [6.07, 6.45) is 0.595. The number of hydrogen-bond donors (Lipinski definition) is 5. The Morgan fingerprint density at radius 3 is 2.28 bits per heavy atom. The van der Waals surface area contributed by atoms with E-state index in [9.17, 15) is 19.8 Å². The van der Waals surface area contributed by atoms with Gasteiger partial charge in [-0.2, -0.15) is 0 Å². The third-order valence-electron chi connectivity index (χ3n) is 2.33. The summed E-state index contributed by atoms with van der Waals surface area (Å²) in [5.41, 5.74) is 9.88. The van der Waals surface area contributed by atoms with Crippen LogP contribution in [0.15, 0.2) is 12.1 Å². The van der Waals surface area contributed by atoms with Crippen LogP contribution in [0.5, 0.6) is 11.5 Å². The highest BCUT2D eigenvalue weighted by molar-refractivity contribution is 6.02. The number of carbonyl (C=O) groups excluding carboxylic acids is 2. The zero-order valence-electron chi connectivity index (χ0n) is 9.64. The Morgan fingerprint density at radius 2 is 1.72 bits per heavy atom. The first-order valence-corrected chi connectivity index (χ1v) is 5.32. The highest BCUT2D eigenvalue weighted by atomic mass is 16.3. The molecule has 7 nitrogen and oxygen atoms in total. The average Bonchev–Trinajstić information content (AvgIpc) is 2.32. The molecule has 1 aromatic carbocycles. The fraction of sp³-hybridized carbons (Fsp3) is 0.273. The van der Waals surface area contributed by atoms with Crippen LogP contribution >= 0.6 is 0 Å². The number of nitrogens with two attached hydrogens (primary N) is 2. The molecular formula is C11H15N3O4. The summed E-state index contributed by atoms with van der Waals surface area (Å²) in [6, 6.07) is 2.39. The van der Waals surface area contributed by atoms with Crippen molar-refractivity contribution >= 4 is 11.8 Å². The number of carbonyl (C=O) groups is 2. The minimum Gasteiger partial charge on any atom is -0.504 e. The number of nitrogens with one attached hydrogen (secondary N) is 1. The van der Waals surface area contributed by atoms with E-state index in [4.69, 9.17) is 11.5 Å². The molecule has 0 unspecified atom stereocenters. The summed E-state index contributed by atoms with van der Waals surface area (Å²) in [7, 11) is 0. The van der Waals surface area contributed by atoms with Crippen molar-refractivity contribution in [1.29, 1.82) is 0 Å². The quantitative estimate of drug-likeness (QED) is 0.348. The smallest absolute Gasteiger partial charge is 0.255 e.